The van der Waals surface area contributed by atoms with Crippen molar-refractivity contribution in [2.24, 2.45) is 0 Å². The third-order valence-electron chi connectivity index (χ3n) is 2.09. The zero-order chi connectivity index (χ0) is 13.7. The topological polar surface area (TPSA) is 105 Å². The molecular formula is C10H10N2O6. The van der Waals surface area contributed by atoms with Crippen LogP contribution in [0.3, 0.4) is 0 Å². The minimum absolute atomic E-state index is 0.0256. The normalized spacial score (nSPS) is 10.3. The molecule has 0 saturated carbocycles. The molecule has 0 radical (unpaired) electrons. The van der Waals surface area contributed by atoms with Crippen LogP contribution in [0.2, 0.25) is 0 Å². The van der Waals surface area contributed by atoms with Crippen molar-refractivity contribution in [3.8, 4) is 11.5 Å². The van der Waals surface area contributed by atoms with Gasteiger partial charge in [0.25, 0.3) is 0 Å². The molecule has 0 spiro atoms. The van der Waals surface area contributed by atoms with Crippen molar-refractivity contribution < 1.29 is 19.3 Å². The van der Waals surface area contributed by atoms with Gasteiger partial charge in [0, 0.05) is 12.1 Å². The number of hydrogen-bond donors (Lipinski definition) is 0. The molecule has 1 aromatic rings. The number of methoxy groups -OCH3 is 2. The molecule has 0 saturated heterocycles. The number of nitrogens with zero attached hydrogens (tertiary/aromatic N) is 2. The van der Waals surface area contributed by atoms with E-state index in [2.05, 4.69) is 0 Å². The van der Waals surface area contributed by atoms with Crippen molar-refractivity contribution in [2.75, 3.05) is 14.2 Å². The largest absolute Gasteiger partial charge is 0.497 e. The summed E-state index contributed by atoms with van der Waals surface area (Å²) >= 11 is 0. The summed E-state index contributed by atoms with van der Waals surface area (Å²) in [5, 5.41) is 21.2. The Morgan fingerprint density at radius 2 is 1.83 bits per heavy atom. The number of hydrogen-bond acceptors (Lipinski definition) is 6. The monoisotopic (exact) mass is 254 g/mol. The highest BCUT2D eigenvalue weighted by atomic mass is 16.6. The Hall–Kier alpha value is -2.64. The van der Waals surface area contributed by atoms with Gasteiger partial charge in [-0.05, 0) is 6.07 Å². The van der Waals surface area contributed by atoms with Crippen molar-refractivity contribution in [1.29, 1.82) is 0 Å². The molecule has 0 aliphatic heterocycles. The van der Waals surface area contributed by atoms with E-state index in [1.165, 1.54) is 26.4 Å². The molecule has 0 aliphatic rings. The van der Waals surface area contributed by atoms with Gasteiger partial charge < -0.3 is 9.47 Å². The first-order valence-corrected chi connectivity index (χ1v) is 4.71. The second-order valence-electron chi connectivity index (χ2n) is 3.13. The van der Waals surface area contributed by atoms with Gasteiger partial charge >= 0.3 is 5.69 Å². The Balaban J connectivity index is 3.43. The van der Waals surface area contributed by atoms with Crippen LogP contribution in [0.25, 0.3) is 6.08 Å². The van der Waals surface area contributed by atoms with Crippen molar-refractivity contribution in [3.05, 3.63) is 44.1 Å². The molecule has 0 aromatic heterocycles. The summed E-state index contributed by atoms with van der Waals surface area (Å²) < 4.78 is 9.80. The van der Waals surface area contributed by atoms with E-state index in [0.717, 1.165) is 6.08 Å². The summed E-state index contributed by atoms with van der Waals surface area (Å²) in [5.74, 6) is 0.280. The quantitative estimate of drug-likeness (QED) is 0.586. The SMILES string of the molecule is COc1cc(C=C[N+](=O)[O-])c([N+](=O)[O-])c(OC)c1. The van der Waals surface area contributed by atoms with Gasteiger partial charge in [-0.15, -0.1) is 0 Å². The van der Waals surface area contributed by atoms with E-state index in [1.54, 1.807) is 0 Å². The van der Waals surface area contributed by atoms with Crippen molar-refractivity contribution in [3.63, 3.8) is 0 Å². The molecule has 0 N–H and O–H groups in total. The Kier molecular flexibility index (Phi) is 4.19. The fraction of sp³-hybridized carbons (Fsp3) is 0.200. The van der Waals surface area contributed by atoms with E-state index < -0.39 is 9.85 Å². The maximum atomic E-state index is 10.9. The lowest BCUT2D eigenvalue weighted by atomic mass is 10.1. The van der Waals surface area contributed by atoms with E-state index in [0.29, 0.717) is 11.9 Å². The fourth-order valence-electron chi connectivity index (χ4n) is 1.34. The van der Waals surface area contributed by atoms with Crippen molar-refractivity contribution in [1.82, 2.24) is 0 Å². The number of benzene rings is 1. The standard InChI is InChI=1S/C10H10N2O6/c1-17-8-5-7(3-4-11(13)14)10(12(15)16)9(6-8)18-2/h3-6H,1-2H3. The molecule has 0 amide bonds. The first-order valence-electron chi connectivity index (χ1n) is 4.71. The molecule has 1 rings (SSSR count). The molecular weight excluding hydrogens is 244 g/mol. The van der Waals surface area contributed by atoms with Crippen LogP contribution in [0.1, 0.15) is 5.56 Å². The number of nitro groups is 2. The van der Waals surface area contributed by atoms with Gasteiger partial charge in [-0.2, -0.15) is 0 Å². The molecule has 8 heteroatoms. The highest BCUT2D eigenvalue weighted by molar-refractivity contribution is 5.68. The van der Waals surface area contributed by atoms with Crippen LogP contribution < -0.4 is 9.47 Å². The van der Waals surface area contributed by atoms with Crippen LogP contribution in [-0.2, 0) is 0 Å². The minimum Gasteiger partial charge on any atom is -0.497 e. The maximum Gasteiger partial charge on any atom is 0.318 e. The third kappa shape index (κ3) is 2.94. The van der Waals surface area contributed by atoms with Gasteiger partial charge in [0.1, 0.15) is 5.75 Å². The predicted octanol–water partition coefficient (Wildman–Crippen LogP) is 1.86. The zero-order valence-electron chi connectivity index (χ0n) is 9.65. The van der Waals surface area contributed by atoms with Crippen LogP contribution in [0.5, 0.6) is 11.5 Å². The lowest BCUT2D eigenvalue weighted by Gasteiger charge is -2.07. The Morgan fingerprint density at radius 3 is 2.28 bits per heavy atom. The van der Waals surface area contributed by atoms with Gasteiger partial charge in [-0.25, -0.2) is 0 Å². The number of rotatable bonds is 5. The van der Waals surface area contributed by atoms with Crippen LogP contribution in [-0.4, -0.2) is 24.1 Å². The van der Waals surface area contributed by atoms with E-state index in [1.807, 2.05) is 0 Å². The molecule has 0 atom stereocenters. The van der Waals surface area contributed by atoms with E-state index in [9.17, 15) is 20.2 Å². The molecule has 0 bridgehead atoms. The smallest absolute Gasteiger partial charge is 0.318 e. The highest BCUT2D eigenvalue weighted by Crippen LogP contribution is 2.35. The van der Waals surface area contributed by atoms with Gasteiger partial charge in [0.05, 0.1) is 29.6 Å². The van der Waals surface area contributed by atoms with Crippen molar-refractivity contribution in [2.45, 2.75) is 0 Å². The lowest BCUT2D eigenvalue weighted by molar-refractivity contribution is -0.401. The third-order valence-corrected chi connectivity index (χ3v) is 2.09. The second kappa shape index (κ2) is 5.62. The molecule has 0 fully saturated rings. The molecule has 96 valence electrons. The summed E-state index contributed by atoms with van der Waals surface area (Å²) in [5.41, 5.74) is -0.315. The fourth-order valence-corrected chi connectivity index (χ4v) is 1.34. The highest BCUT2D eigenvalue weighted by Gasteiger charge is 2.21. The summed E-state index contributed by atoms with van der Waals surface area (Å²) in [6.45, 7) is 0. The summed E-state index contributed by atoms with van der Waals surface area (Å²) in [7, 11) is 2.64. The summed E-state index contributed by atoms with van der Waals surface area (Å²) in [6, 6.07) is 2.66. The first kappa shape index (κ1) is 13.4. The summed E-state index contributed by atoms with van der Waals surface area (Å²) in [6.07, 6.45) is 1.63. The second-order valence-corrected chi connectivity index (χ2v) is 3.13. The maximum absolute atomic E-state index is 10.9. The first-order chi connectivity index (χ1) is 8.49. The molecule has 0 unspecified atom stereocenters. The van der Waals surface area contributed by atoms with Crippen LogP contribution >= 0.6 is 0 Å². The van der Waals surface area contributed by atoms with Crippen molar-refractivity contribution >= 4 is 11.8 Å². The lowest BCUT2D eigenvalue weighted by Crippen LogP contribution is -1.98. The Morgan fingerprint density at radius 1 is 1.17 bits per heavy atom. The molecule has 0 heterocycles. The van der Waals surface area contributed by atoms with E-state index in [4.69, 9.17) is 9.47 Å². The van der Waals surface area contributed by atoms with E-state index in [-0.39, 0.29) is 17.0 Å². The Labute approximate surface area is 102 Å². The average molecular weight is 254 g/mol. The molecule has 0 aliphatic carbocycles. The minimum atomic E-state index is -0.713. The summed E-state index contributed by atoms with van der Waals surface area (Å²) in [4.78, 5) is 19.8. The molecule has 18 heavy (non-hydrogen) atoms. The van der Waals surface area contributed by atoms with Gasteiger partial charge in [-0.3, -0.25) is 20.2 Å². The number of ether oxygens (including phenoxy) is 2. The number of nitro benzene ring substituents is 1. The zero-order valence-corrected chi connectivity index (χ0v) is 9.65. The molecule has 1 aromatic carbocycles. The molecule has 8 nitrogen and oxygen atoms in total. The van der Waals surface area contributed by atoms with Crippen LogP contribution in [0.4, 0.5) is 5.69 Å². The van der Waals surface area contributed by atoms with Gasteiger partial charge in [-0.1, -0.05) is 0 Å². The average Bonchev–Trinajstić information content (AvgIpc) is 2.34. The van der Waals surface area contributed by atoms with Gasteiger partial charge in [0.2, 0.25) is 11.9 Å². The van der Waals surface area contributed by atoms with E-state index >= 15 is 0 Å². The van der Waals surface area contributed by atoms with Crippen LogP contribution in [0.15, 0.2) is 18.3 Å². The predicted molar refractivity (Wildman–Crippen MR) is 62.2 cm³/mol. The Bertz CT molecular complexity index is 511. The van der Waals surface area contributed by atoms with Gasteiger partial charge in [0.15, 0.2) is 0 Å². The van der Waals surface area contributed by atoms with Crippen LogP contribution in [0, 0.1) is 20.2 Å².